The van der Waals surface area contributed by atoms with E-state index >= 15 is 0 Å². The Morgan fingerprint density at radius 2 is 2.26 bits per heavy atom. The van der Waals surface area contributed by atoms with Gasteiger partial charge in [0, 0.05) is 22.8 Å². The van der Waals surface area contributed by atoms with Crippen LogP contribution in [0.25, 0.3) is 6.08 Å². The molecule has 0 aromatic carbocycles. The number of alkyl halides is 2. The van der Waals surface area contributed by atoms with Crippen LogP contribution in [0.4, 0.5) is 0 Å². The molecule has 3 atom stereocenters. The fourth-order valence-corrected chi connectivity index (χ4v) is 3.92. The summed E-state index contributed by atoms with van der Waals surface area (Å²) in [6.07, 6.45) is 3.38. The maximum atomic E-state index is 11.8. The van der Waals surface area contributed by atoms with E-state index in [4.69, 9.17) is 4.74 Å². The third-order valence-electron chi connectivity index (χ3n) is 2.86. The topological polar surface area (TPSA) is 64.1 Å². The summed E-state index contributed by atoms with van der Waals surface area (Å²) >= 11 is 10.0. The molecule has 1 N–H and O–H groups in total. The van der Waals surface area contributed by atoms with E-state index in [1.54, 1.807) is 11.1 Å². The first-order chi connectivity index (χ1) is 9.06. The first-order valence-corrected chi connectivity index (χ1v) is 8.49. The van der Waals surface area contributed by atoms with Crippen molar-refractivity contribution in [3.05, 3.63) is 37.6 Å². The Kier molecular flexibility index (Phi) is 5.22. The van der Waals surface area contributed by atoms with Gasteiger partial charge < -0.3 is 4.74 Å². The molecule has 1 saturated heterocycles. The second kappa shape index (κ2) is 6.51. The highest BCUT2D eigenvalue weighted by Crippen LogP contribution is 2.33. The van der Waals surface area contributed by atoms with Crippen LogP contribution in [0.1, 0.15) is 18.2 Å². The number of aromatic nitrogens is 2. The molecule has 1 aliphatic heterocycles. The summed E-state index contributed by atoms with van der Waals surface area (Å²) in [4.78, 5) is 27.5. The summed E-state index contributed by atoms with van der Waals surface area (Å²) < 4.78 is 7.19. The van der Waals surface area contributed by atoms with Crippen molar-refractivity contribution in [2.75, 3.05) is 5.33 Å². The molecule has 0 saturated carbocycles. The van der Waals surface area contributed by atoms with Crippen molar-refractivity contribution in [1.82, 2.24) is 9.55 Å². The molecule has 1 aromatic heterocycles. The van der Waals surface area contributed by atoms with Gasteiger partial charge in [0.05, 0.1) is 11.7 Å². The normalized spacial score (nSPS) is 27.2. The van der Waals surface area contributed by atoms with Crippen molar-refractivity contribution in [2.45, 2.75) is 23.6 Å². The van der Waals surface area contributed by atoms with Gasteiger partial charge in [-0.3, -0.25) is 14.3 Å². The summed E-state index contributed by atoms with van der Waals surface area (Å²) in [6.45, 7) is 0. The van der Waals surface area contributed by atoms with Crippen LogP contribution in [0.3, 0.4) is 0 Å². The monoisotopic (exact) mass is 456 g/mol. The highest BCUT2D eigenvalue weighted by atomic mass is 79.9. The van der Waals surface area contributed by atoms with Gasteiger partial charge in [0.25, 0.3) is 5.56 Å². The van der Waals surface area contributed by atoms with E-state index in [9.17, 15) is 9.59 Å². The summed E-state index contributed by atoms with van der Waals surface area (Å²) in [7, 11) is 0. The molecule has 1 fully saturated rings. The molecule has 0 aliphatic carbocycles. The molecule has 5 nitrogen and oxygen atoms in total. The Bertz CT molecular complexity index is 596. The van der Waals surface area contributed by atoms with E-state index < -0.39 is 11.2 Å². The largest absolute Gasteiger partial charge is 0.353 e. The van der Waals surface area contributed by atoms with Crippen molar-refractivity contribution in [2.24, 2.45) is 0 Å². The zero-order valence-electron chi connectivity index (χ0n) is 9.68. The Morgan fingerprint density at radius 3 is 2.84 bits per heavy atom. The minimum Gasteiger partial charge on any atom is -0.353 e. The molecule has 0 bridgehead atoms. The average Bonchev–Trinajstić information content (AvgIpc) is 2.74. The Balaban J connectivity index is 2.38. The number of H-pyrrole nitrogens is 1. The zero-order chi connectivity index (χ0) is 14.0. The van der Waals surface area contributed by atoms with E-state index in [-0.39, 0.29) is 17.2 Å². The zero-order valence-corrected chi connectivity index (χ0v) is 14.4. The van der Waals surface area contributed by atoms with Crippen LogP contribution in [-0.4, -0.2) is 25.8 Å². The van der Waals surface area contributed by atoms with Gasteiger partial charge in [0.1, 0.15) is 6.23 Å². The average molecular weight is 459 g/mol. The van der Waals surface area contributed by atoms with Gasteiger partial charge in [-0.2, -0.15) is 0 Å². The quantitative estimate of drug-likeness (QED) is 0.707. The number of ether oxygens (including phenoxy) is 1. The van der Waals surface area contributed by atoms with E-state index in [0.717, 1.165) is 0 Å². The first kappa shape index (κ1) is 15.2. The molecule has 0 amide bonds. The lowest BCUT2D eigenvalue weighted by atomic mass is 10.2. The highest BCUT2D eigenvalue weighted by Gasteiger charge is 2.34. The Morgan fingerprint density at radius 1 is 1.53 bits per heavy atom. The van der Waals surface area contributed by atoms with Gasteiger partial charge >= 0.3 is 5.69 Å². The SMILES string of the molecule is O=c1[nH]c(=O)n([C@H]2C[C@H](Br)[C@@H](CBr)O2)cc1C=CBr. The van der Waals surface area contributed by atoms with Crippen molar-refractivity contribution in [1.29, 1.82) is 0 Å². The molecule has 1 aromatic rings. The lowest BCUT2D eigenvalue weighted by molar-refractivity contribution is 0.0112. The minimum atomic E-state index is -0.461. The van der Waals surface area contributed by atoms with Crippen molar-refractivity contribution >= 4 is 53.9 Å². The second-order valence-electron chi connectivity index (χ2n) is 4.08. The number of rotatable bonds is 3. The molecule has 104 valence electrons. The van der Waals surface area contributed by atoms with Crippen molar-refractivity contribution in [3.63, 3.8) is 0 Å². The smallest absolute Gasteiger partial charge is 0.330 e. The van der Waals surface area contributed by atoms with Crippen molar-refractivity contribution < 1.29 is 4.74 Å². The molecular formula is C11H11Br3N2O3. The first-order valence-electron chi connectivity index (χ1n) is 5.54. The molecular weight excluding hydrogens is 448 g/mol. The number of aromatic amines is 1. The molecule has 0 radical (unpaired) electrons. The van der Waals surface area contributed by atoms with E-state index in [2.05, 4.69) is 52.8 Å². The van der Waals surface area contributed by atoms with Gasteiger partial charge in [-0.05, 0) is 11.1 Å². The van der Waals surface area contributed by atoms with E-state index in [0.29, 0.717) is 17.3 Å². The van der Waals surface area contributed by atoms with Gasteiger partial charge in [0.15, 0.2) is 0 Å². The number of hydrogen-bond donors (Lipinski definition) is 1. The Labute approximate surface area is 134 Å². The van der Waals surface area contributed by atoms with Gasteiger partial charge in [0.2, 0.25) is 0 Å². The molecule has 1 aliphatic rings. The van der Waals surface area contributed by atoms with E-state index in [1.807, 2.05) is 0 Å². The van der Waals surface area contributed by atoms with Gasteiger partial charge in [-0.15, -0.1) is 0 Å². The van der Waals surface area contributed by atoms with Crippen LogP contribution >= 0.6 is 47.8 Å². The number of nitrogens with zero attached hydrogens (tertiary/aromatic N) is 1. The van der Waals surface area contributed by atoms with Crippen LogP contribution < -0.4 is 11.2 Å². The Hall–Kier alpha value is -0.180. The predicted molar refractivity (Wildman–Crippen MR) is 84.3 cm³/mol. The fraction of sp³-hybridized carbons (Fsp3) is 0.455. The van der Waals surface area contributed by atoms with Gasteiger partial charge in [-0.25, -0.2) is 4.79 Å². The van der Waals surface area contributed by atoms with Crippen molar-refractivity contribution in [3.8, 4) is 0 Å². The molecule has 0 spiro atoms. The lowest BCUT2D eigenvalue weighted by Crippen LogP contribution is -2.33. The molecule has 0 unspecified atom stereocenters. The van der Waals surface area contributed by atoms with Crippen LogP contribution in [0.5, 0.6) is 0 Å². The summed E-state index contributed by atoms with van der Waals surface area (Å²) in [6, 6.07) is 0. The molecule has 2 heterocycles. The molecule has 2 rings (SSSR count). The maximum absolute atomic E-state index is 11.8. The fourth-order valence-electron chi connectivity index (χ4n) is 1.90. The van der Waals surface area contributed by atoms with Gasteiger partial charge in [-0.1, -0.05) is 47.8 Å². The van der Waals surface area contributed by atoms with Crippen LogP contribution in [-0.2, 0) is 4.74 Å². The third kappa shape index (κ3) is 3.29. The summed E-state index contributed by atoms with van der Waals surface area (Å²) in [5.41, 5.74) is -0.479. The maximum Gasteiger partial charge on any atom is 0.330 e. The number of hydrogen-bond acceptors (Lipinski definition) is 3. The summed E-state index contributed by atoms with van der Waals surface area (Å²) in [5, 5.41) is 0.686. The second-order valence-corrected chi connectivity index (χ2v) is 6.43. The number of nitrogens with one attached hydrogen (secondary N) is 1. The minimum absolute atomic E-state index is 0.000930. The molecule has 19 heavy (non-hydrogen) atoms. The lowest BCUT2D eigenvalue weighted by Gasteiger charge is -2.14. The highest BCUT2D eigenvalue weighted by molar-refractivity contribution is 9.11. The van der Waals surface area contributed by atoms with Crippen LogP contribution in [0.15, 0.2) is 20.8 Å². The summed E-state index contributed by atoms with van der Waals surface area (Å²) in [5.74, 6) is 0. The molecule has 8 heteroatoms. The van der Waals surface area contributed by atoms with Crippen LogP contribution in [0, 0.1) is 0 Å². The number of halogens is 3. The van der Waals surface area contributed by atoms with Crippen LogP contribution in [0.2, 0.25) is 0 Å². The third-order valence-corrected chi connectivity index (χ3v) is 4.73. The van der Waals surface area contributed by atoms with E-state index in [1.165, 1.54) is 10.8 Å². The predicted octanol–water partition coefficient (Wildman–Crippen LogP) is 2.35. The standard InChI is InChI=1S/C11H11Br3N2O3/c12-2-1-6-5-16(11(18)15-10(6)17)9-3-7(14)8(4-13)19-9/h1-2,5,7-9H,3-4H2,(H,15,17,18)/t7-,8+,9+/m0/s1.